The maximum Gasteiger partial charge on any atom is 0.260 e. The summed E-state index contributed by atoms with van der Waals surface area (Å²) >= 11 is 1.11. The maximum absolute atomic E-state index is 12.0. The second-order valence-corrected chi connectivity index (χ2v) is 6.02. The van der Waals surface area contributed by atoms with Crippen LogP contribution < -0.4 is 22.1 Å². The fourth-order valence-electron chi connectivity index (χ4n) is 2.37. The summed E-state index contributed by atoms with van der Waals surface area (Å²) in [6.45, 7) is 3.43. The zero-order valence-electron chi connectivity index (χ0n) is 12.1. The first-order valence-corrected chi connectivity index (χ1v) is 7.57. The lowest BCUT2D eigenvalue weighted by Gasteiger charge is -2.15. The van der Waals surface area contributed by atoms with E-state index >= 15 is 0 Å². The smallest absolute Gasteiger partial charge is 0.260 e. The number of rotatable bonds is 5. The molecule has 1 aromatic rings. The van der Waals surface area contributed by atoms with Gasteiger partial charge >= 0.3 is 0 Å². The molecule has 2 rings (SSSR count). The van der Waals surface area contributed by atoms with Gasteiger partial charge in [0.2, 0.25) is 0 Å². The third kappa shape index (κ3) is 3.11. The van der Waals surface area contributed by atoms with Crippen LogP contribution in [0.4, 0.5) is 10.7 Å². The maximum atomic E-state index is 12.0. The van der Waals surface area contributed by atoms with Crippen LogP contribution in [0.3, 0.4) is 0 Å². The van der Waals surface area contributed by atoms with Crippen molar-refractivity contribution in [2.24, 2.45) is 11.7 Å². The minimum absolute atomic E-state index is 0.130. The molecule has 2 heterocycles. The van der Waals surface area contributed by atoms with Gasteiger partial charge in [0, 0.05) is 26.1 Å². The van der Waals surface area contributed by atoms with Crippen molar-refractivity contribution in [3.8, 4) is 0 Å². The van der Waals surface area contributed by atoms with Crippen LogP contribution in [-0.2, 0) is 4.74 Å². The van der Waals surface area contributed by atoms with E-state index in [1.807, 2.05) is 6.92 Å². The van der Waals surface area contributed by atoms with Crippen molar-refractivity contribution in [3.63, 3.8) is 0 Å². The van der Waals surface area contributed by atoms with E-state index in [9.17, 15) is 9.59 Å². The molecule has 0 radical (unpaired) electrons. The normalized spacial score (nSPS) is 21.2. The summed E-state index contributed by atoms with van der Waals surface area (Å²) in [5, 5.41) is 6.30. The molecule has 0 saturated carbocycles. The molecule has 1 aromatic heterocycles. The number of nitrogen functional groups attached to an aromatic ring is 1. The molecule has 1 fully saturated rings. The summed E-state index contributed by atoms with van der Waals surface area (Å²) in [6, 6.07) is 0. The molecule has 2 unspecified atom stereocenters. The summed E-state index contributed by atoms with van der Waals surface area (Å²) in [5.41, 5.74) is 11.6. The Balaban J connectivity index is 2.22. The van der Waals surface area contributed by atoms with Gasteiger partial charge in [0.1, 0.15) is 9.88 Å². The Labute approximate surface area is 127 Å². The van der Waals surface area contributed by atoms with E-state index in [0.717, 1.165) is 24.4 Å². The fourth-order valence-corrected chi connectivity index (χ4v) is 3.35. The number of nitrogens with one attached hydrogen (secondary N) is 2. The molecule has 0 bridgehead atoms. The van der Waals surface area contributed by atoms with Crippen molar-refractivity contribution in [2.45, 2.75) is 19.4 Å². The number of carbonyl (C=O) groups excluding carboxylic acids is 2. The highest BCUT2D eigenvalue weighted by molar-refractivity contribution is 7.19. The molecule has 21 heavy (non-hydrogen) atoms. The Bertz CT molecular complexity index is 558. The average Bonchev–Trinajstić information content (AvgIpc) is 2.99. The van der Waals surface area contributed by atoms with Gasteiger partial charge in [-0.25, -0.2) is 0 Å². The van der Waals surface area contributed by atoms with E-state index < -0.39 is 5.91 Å². The monoisotopic (exact) mass is 312 g/mol. The average molecular weight is 312 g/mol. The minimum atomic E-state index is -0.631. The van der Waals surface area contributed by atoms with Gasteiger partial charge in [-0.1, -0.05) is 0 Å². The van der Waals surface area contributed by atoms with Crippen LogP contribution in [0, 0.1) is 5.92 Å². The van der Waals surface area contributed by atoms with Crippen molar-refractivity contribution in [2.75, 3.05) is 31.2 Å². The van der Waals surface area contributed by atoms with Crippen LogP contribution in [0.1, 0.15) is 33.4 Å². The summed E-state index contributed by atoms with van der Waals surface area (Å²) in [5.74, 6) is -0.606. The molecule has 116 valence electrons. The SMILES string of the molecule is CNC(=O)c1c(NCC2CCOC2C)sc(C(N)=O)c1N. The van der Waals surface area contributed by atoms with Crippen LogP contribution in [0.15, 0.2) is 0 Å². The van der Waals surface area contributed by atoms with E-state index in [1.54, 1.807) is 0 Å². The van der Waals surface area contributed by atoms with E-state index in [1.165, 1.54) is 7.05 Å². The Hall–Kier alpha value is -1.80. The molecule has 2 amide bonds. The second-order valence-electron chi connectivity index (χ2n) is 5.00. The summed E-state index contributed by atoms with van der Waals surface area (Å²) in [7, 11) is 1.51. The van der Waals surface area contributed by atoms with Crippen molar-refractivity contribution >= 4 is 33.8 Å². The van der Waals surface area contributed by atoms with Gasteiger partial charge in [-0.3, -0.25) is 9.59 Å². The number of hydrogen-bond donors (Lipinski definition) is 4. The number of amides is 2. The minimum Gasteiger partial charge on any atom is -0.397 e. The number of ether oxygens (including phenoxy) is 1. The summed E-state index contributed by atoms with van der Waals surface area (Å²) in [4.78, 5) is 23.5. The predicted octanol–water partition coefficient (Wildman–Crippen LogP) is 0.626. The molecule has 1 aliphatic heterocycles. The number of anilines is 2. The molecule has 1 aliphatic rings. The first-order chi connectivity index (χ1) is 9.95. The zero-order valence-corrected chi connectivity index (χ0v) is 12.9. The highest BCUT2D eigenvalue weighted by Gasteiger charge is 2.27. The first kappa shape index (κ1) is 15.6. The first-order valence-electron chi connectivity index (χ1n) is 6.75. The molecule has 0 spiro atoms. The second kappa shape index (κ2) is 6.31. The fraction of sp³-hybridized carbons (Fsp3) is 0.538. The van der Waals surface area contributed by atoms with Gasteiger partial charge in [0.25, 0.3) is 11.8 Å². The molecule has 0 aromatic carbocycles. The number of hydrogen-bond acceptors (Lipinski definition) is 6. The Morgan fingerprint density at radius 3 is 2.71 bits per heavy atom. The van der Waals surface area contributed by atoms with Crippen LogP contribution in [-0.4, -0.2) is 38.1 Å². The summed E-state index contributed by atoms with van der Waals surface area (Å²) < 4.78 is 5.51. The van der Waals surface area contributed by atoms with E-state index in [-0.39, 0.29) is 28.1 Å². The molecule has 1 saturated heterocycles. The van der Waals surface area contributed by atoms with Crippen LogP contribution in [0.2, 0.25) is 0 Å². The van der Waals surface area contributed by atoms with E-state index in [0.29, 0.717) is 17.5 Å². The lowest BCUT2D eigenvalue weighted by Crippen LogP contribution is -2.23. The van der Waals surface area contributed by atoms with Crippen LogP contribution in [0.5, 0.6) is 0 Å². The van der Waals surface area contributed by atoms with Crippen molar-refractivity contribution < 1.29 is 14.3 Å². The standard InChI is InChI=1S/C13H20N4O3S/c1-6-7(3-4-20-6)5-17-13-8(12(19)16-2)9(14)10(21-13)11(15)18/h6-7,17H,3-5,14H2,1-2H3,(H2,15,18)(H,16,19). The van der Waals surface area contributed by atoms with Crippen molar-refractivity contribution in [1.82, 2.24) is 5.32 Å². The Morgan fingerprint density at radius 2 is 2.19 bits per heavy atom. The quantitative estimate of drug-likeness (QED) is 0.635. The number of primary amides is 1. The summed E-state index contributed by atoms with van der Waals surface area (Å²) in [6.07, 6.45) is 1.14. The van der Waals surface area contributed by atoms with Crippen LogP contribution in [0.25, 0.3) is 0 Å². The Kier molecular flexibility index (Phi) is 4.69. The molecule has 6 N–H and O–H groups in total. The van der Waals surface area contributed by atoms with Gasteiger partial charge in [0.15, 0.2) is 0 Å². The number of carbonyl (C=O) groups is 2. The number of nitrogens with two attached hydrogens (primary N) is 2. The van der Waals surface area contributed by atoms with Crippen molar-refractivity contribution in [3.05, 3.63) is 10.4 Å². The number of thiophene rings is 1. The van der Waals surface area contributed by atoms with E-state index in [4.69, 9.17) is 16.2 Å². The van der Waals surface area contributed by atoms with Gasteiger partial charge in [-0.05, 0) is 13.3 Å². The molecule has 2 atom stereocenters. The highest BCUT2D eigenvalue weighted by atomic mass is 32.1. The van der Waals surface area contributed by atoms with Gasteiger partial charge in [-0.15, -0.1) is 11.3 Å². The largest absolute Gasteiger partial charge is 0.397 e. The predicted molar refractivity (Wildman–Crippen MR) is 82.7 cm³/mol. The molecular formula is C13H20N4O3S. The topological polar surface area (TPSA) is 119 Å². The third-order valence-corrected chi connectivity index (χ3v) is 4.86. The molecule has 7 nitrogen and oxygen atoms in total. The molecule has 8 heteroatoms. The molecular weight excluding hydrogens is 292 g/mol. The highest BCUT2D eigenvalue weighted by Crippen LogP contribution is 2.36. The van der Waals surface area contributed by atoms with Gasteiger partial charge in [-0.2, -0.15) is 0 Å². The Morgan fingerprint density at radius 1 is 1.48 bits per heavy atom. The lowest BCUT2D eigenvalue weighted by atomic mass is 10.0. The van der Waals surface area contributed by atoms with Crippen molar-refractivity contribution in [1.29, 1.82) is 0 Å². The lowest BCUT2D eigenvalue weighted by molar-refractivity contribution is 0.0965. The van der Waals surface area contributed by atoms with E-state index in [2.05, 4.69) is 10.6 Å². The van der Waals surface area contributed by atoms with Gasteiger partial charge in [0.05, 0.1) is 17.4 Å². The van der Waals surface area contributed by atoms with Crippen LogP contribution >= 0.6 is 11.3 Å². The van der Waals surface area contributed by atoms with Gasteiger partial charge < -0.3 is 26.8 Å². The zero-order chi connectivity index (χ0) is 15.6. The molecule has 0 aliphatic carbocycles. The third-order valence-electron chi connectivity index (χ3n) is 3.68.